The third-order valence-electron chi connectivity index (χ3n) is 3.32. The summed E-state index contributed by atoms with van der Waals surface area (Å²) in [5.74, 6) is 0.934. The summed E-state index contributed by atoms with van der Waals surface area (Å²) < 4.78 is 5.77. The van der Waals surface area contributed by atoms with Gasteiger partial charge >= 0.3 is 0 Å². The van der Waals surface area contributed by atoms with E-state index in [-0.39, 0.29) is 0 Å². The van der Waals surface area contributed by atoms with E-state index in [1.807, 2.05) is 18.2 Å². The first-order chi connectivity index (χ1) is 9.85. The zero-order valence-corrected chi connectivity index (χ0v) is 12.4. The summed E-state index contributed by atoms with van der Waals surface area (Å²) in [6.45, 7) is 5.89. The van der Waals surface area contributed by atoms with E-state index < -0.39 is 0 Å². The maximum atomic E-state index is 5.77. The molecule has 0 aliphatic heterocycles. The fourth-order valence-electron chi connectivity index (χ4n) is 2.22. The SMILES string of the molecule is CCCOc1ccccc1NCc1ccccc1CC. The van der Waals surface area contributed by atoms with E-state index in [0.29, 0.717) is 0 Å². The lowest BCUT2D eigenvalue weighted by atomic mass is 10.1. The first-order valence-corrected chi connectivity index (χ1v) is 7.37. The molecule has 0 aliphatic rings. The number of aryl methyl sites for hydroxylation is 1. The molecule has 0 amide bonds. The van der Waals surface area contributed by atoms with Gasteiger partial charge in [0.25, 0.3) is 0 Å². The number of ether oxygens (including phenoxy) is 1. The molecule has 0 saturated heterocycles. The Morgan fingerprint density at radius 1 is 0.900 bits per heavy atom. The third-order valence-corrected chi connectivity index (χ3v) is 3.32. The van der Waals surface area contributed by atoms with Gasteiger partial charge in [0, 0.05) is 6.54 Å². The van der Waals surface area contributed by atoms with Crippen molar-refractivity contribution in [2.45, 2.75) is 33.2 Å². The van der Waals surface area contributed by atoms with Crippen LogP contribution in [0.2, 0.25) is 0 Å². The average Bonchev–Trinajstić information content (AvgIpc) is 2.52. The molecule has 0 bridgehead atoms. The van der Waals surface area contributed by atoms with Crippen LogP contribution in [0.4, 0.5) is 5.69 Å². The topological polar surface area (TPSA) is 21.3 Å². The highest BCUT2D eigenvalue weighted by atomic mass is 16.5. The number of para-hydroxylation sites is 2. The molecule has 0 atom stereocenters. The monoisotopic (exact) mass is 269 g/mol. The van der Waals surface area contributed by atoms with Crippen LogP contribution in [0.15, 0.2) is 48.5 Å². The summed E-state index contributed by atoms with van der Waals surface area (Å²) in [6.07, 6.45) is 2.08. The van der Waals surface area contributed by atoms with E-state index in [2.05, 4.69) is 49.5 Å². The Balaban J connectivity index is 2.06. The lowest BCUT2D eigenvalue weighted by Crippen LogP contribution is -2.05. The molecule has 20 heavy (non-hydrogen) atoms. The van der Waals surface area contributed by atoms with Crippen LogP contribution in [0.3, 0.4) is 0 Å². The molecule has 0 saturated carbocycles. The standard InChI is InChI=1S/C18H23NO/c1-3-13-20-18-12-8-7-11-17(18)19-14-16-10-6-5-9-15(16)4-2/h5-12,19H,3-4,13-14H2,1-2H3. The fraction of sp³-hybridized carbons (Fsp3) is 0.333. The van der Waals surface area contributed by atoms with Crippen molar-refractivity contribution in [1.29, 1.82) is 0 Å². The molecule has 2 rings (SSSR count). The van der Waals surface area contributed by atoms with Crippen molar-refractivity contribution in [2.24, 2.45) is 0 Å². The Morgan fingerprint density at radius 3 is 2.35 bits per heavy atom. The van der Waals surface area contributed by atoms with Crippen LogP contribution >= 0.6 is 0 Å². The number of anilines is 1. The molecule has 1 N–H and O–H groups in total. The highest BCUT2D eigenvalue weighted by Crippen LogP contribution is 2.25. The summed E-state index contributed by atoms with van der Waals surface area (Å²) >= 11 is 0. The summed E-state index contributed by atoms with van der Waals surface area (Å²) in [7, 11) is 0. The second-order valence-corrected chi connectivity index (χ2v) is 4.82. The van der Waals surface area contributed by atoms with Gasteiger partial charge in [0.2, 0.25) is 0 Å². The van der Waals surface area contributed by atoms with Crippen molar-refractivity contribution in [3.63, 3.8) is 0 Å². The number of benzene rings is 2. The molecule has 2 aromatic carbocycles. The van der Waals surface area contributed by atoms with Gasteiger partial charge in [-0.05, 0) is 36.1 Å². The predicted molar refractivity (Wildman–Crippen MR) is 85.4 cm³/mol. The van der Waals surface area contributed by atoms with E-state index in [1.165, 1.54) is 11.1 Å². The van der Waals surface area contributed by atoms with Gasteiger partial charge in [-0.15, -0.1) is 0 Å². The fourth-order valence-corrected chi connectivity index (χ4v) is 2.22. The van der Waals surface area contributed by atoms with Crippen molar-refractivity contribution < 1.29 is 4.74 Å². The largest absolute Gasteiger partial charge is 0.491 e. The molecule has 0 aromatic heterocycles. The van der Waals surface area contributed by atoms with Crippen LogP contribution < -0.4 is 10.1 Å². The molecule has 0 fully saturated rings. The van der Waals surface area contributed by atoms with E-state index in [0.717, 1.165) is 37.4 Å². The first-order valence-electron chi connectivity index (χ1n) is 7.37. The van der Waals surface area contributed by atoms with Crippen molar-refractivity contribution in [2.75, 3.05) is 11.9 Å². The van der Waals surface area contributed by atoms with E-state index in [1.54, 1.807) is 0 Å². The van der Waals surface area contributed by atoms with Crippen LogP contribution in [0.25, 0.3) is 0 Å². The molecule has 0 heterocycles. The van der Waals surface area contributed by atoms with Crippen LogP contribution in [0.5, 0.6) is 5.75 Å². The highest BCUT2D eigenvalue weighted by molar-refractivity contribution is 5.56. The van der Waals surface area contributed by atoms with Gasteiger partial charge in [0.15, 0.2) is 0 Å². The molecular formula is C18H23NO. The minimum absolute atomic E-state index is 0.754. The number of hydrogen-bond acceptors (Lipinski definition) is 2. The Kier molecular flexibility index (Phi) is 5.48. The average molecular weight is 269 g/mol. The van der Waals surface area contributed by atoms with Gasteiger partial charge in [-0.1, -0.05) is 50.2 Å². The van der Waals surface area contributed by atoms with Gasteiger partial charge in [-0.2, -0.15) is 0 Å². The maximum absolute atomic E-state index is 5.77. The zero-order valence-electron chi connectivity index (χ0n) is 12.4. The quantitative estimate of drug-likeness (QED) is 0.790. The minimum Gasteiger partial charge on any atom is -0.491 e. The van der Waals surface area contributed by atoms with E-state index in [4.69, 9.17) is 4.74 Å². The summed E-state index contributed by atoms with van der Waals surface area (Å²) in [6, 6.07) is 16.7. The van der Waals surface area contributed by atoms with Crippen molar-refractivity contribution >= 4 is 5.69 Å². The predicted octanol–water partition coefficient (Wildman–Crippen LogP) is 4.65. The van der Waals surface area contributed by atoms with Gasteiger partial charge in [-0.3, -0.25) is 0 Å². The summed E-state index contributed by atoms with van der Waals surface area (Å²) in [5, 5.41) is 3.49. The smallest absolute Gasteiger partial charge is 0.142 e. The van der Waals surface area contributed by atoms with Gasteiger partial charge in [-0.25, -0.2) is 0 Å². The molecular weight excluding hydrogens is 246 g/mol. The van der Waals surface area contributed by atoms with E-state index in [9.17, 15) is 0 Å². The van der Waals surface area contributed by atoms with Crippen LogP contribution in [0.1, 0.15) is 31.4 Å². The molecule has 2 aromatic rings. The Bertz CT molecular complexity index is 536. The molecule has 106 valence electrons. The van der Waals surface area contributed by atoms with Crippen molar-refractivity contribution in [1.82, 2.24) is 0 Å². The Morgan fingerprint density at radius 2 is 1.60 bits per heavy atom. The third kappa shape index (κ3) is 3.77. The number of hydrogen-bond donors (Lipinski definition) is 1. The zero-order chi connectivity index (χ0) is 14.2. The lowest BCUT2D eigenvalue weighted by molar-refractivity contribution is 0.319. The van der Waals surface area contributed by atoms with Crippen LogP contribution in [0, 0.1) is 0 Å². The number of rotatable bonds is 7. The molecule has 0 unspecified atom stereocenters. The van der Waals surface area contributed by atoms with Crippen molar-refractivity contribution in [3.8, 4) is 5.75 Å². The van der Waals surface area contributed by atoms with Gasteiger partial charge in [0.1, 0.15) is 5.75 Å². The van der Waals surface area contributed by atoms with E-state index >= 15 is 0 Å². The second-order valence-electron chi connectivity index (χ2n) is 4.82. The summed E-state index contributed by atoms with van der Waals surface area (Å²) in [5.41, 5.74) is 3.80. The van der Waals surface area contributed by atoms with Gasteiger partial charge in [0.05, 0.1) is 12.3 Å². The molecule has 2 heteroatoms. The molecule has 0 spiro atoms. The Hall–Kier alpha value is -1.96. The van der Waals surface area contributed by atoms with Crippen LogP contribution in [-0.2, 0) is 13.0 Å². The van der Waals surface area contributed by atoms with Crippen LogP contribution in [-0.4, -0.2) is 6.61 Å². The number of nitrogens with one attached hydrogen (secondary N) is 1. The first kappa shape index (κ1) is 14.4. The summed E-state index contributed by atoms with van der Waals surface area (Å²) in [4.78, 5) is 0. The second kappa shape index (κ2) is 7.59. The lowest BCUT2D eigenvalue weighted by Gasteiger charge is -2.14. The minimum atomic E-state index is 0.754. The van der Waals surface area contributed by atoms with Crippen molar-refractivity contribution in [3.05, 3.63) is 59.7 Å². The molecule has 0 aliphatic carbocycles. The maximum Gasteiger partial charge on any atom is 0.142 e. The molecule has 0 radical (unpaired) electrons. The Labute approximate surface area is 121 Å². The molecule has 2 nitrogen and oxygen atoms in total. The highest BCUT2D eigenvalue weighted by Gasteiger charge is 2.04. The van der Waals surface area contributed by atoms with Gasteiger partial charge < -0.3 is 10.1 Å². The normalized spacial score (nSPS) is 10.3.